The van der Waals surface area contributed by atoms with E-state index in [1.165, 1.54) is 0 Å². The minimum Gasteiger partial charge on any atom is -0.497 e. The molecule has 0 saturated heterocycles. The number of fused-ring (bicyclic) bond motifs is 1. The van der Waals surface area contributed by atoms with Crippen molar-refractivity contribution in [2.24, 2.45) is 0 Å². The highest BCUT2D eigenvalue weighted by Crippen LogP contribution is 2.16. The van der Waals surface area contributed by atoms with E-state index < -0.39 is 0 Å². The zero-order chi connectivity index (χ0) is 17.6. The summed E-state index contributed by atoms with van der Waals surface area (Å²) in [5.41, 5.74) is -0.0501. The van der Waals surface area contributed by atoms with Crippen LogP contribution in [0.3, 0.4) is 0 Å². The molecule has 2 aromatic carbocycles. The van der Waals surface area contributed by atoms with E-state index in [-0.39, 0.29) is 17.2 Å². The molecule has 3 rings (SSSR count). The fraction of sp³-hybridized carbons (Fsp3) is 0.158. The molecule has 0 bridgehead atoms. The van der Waals surface area contributed by atoms with Gasteiger partial charge in [0.25, 0.3) is 11.5 Å². The normalized spacial score (nSPS) is 10.4. The molecule has 0 fully saturated rings. The molecule has 0 radical (unpaired) electrons. The number of H-pyrrole nitrogens is 1. The van der Waals surface area contributed by atoms with Crippen molar-refractivity contribution >= 4 is 16.7 Å². The molecule has 0 aliphatic rings. The van der Waals surface area contributed by atoms with Crippen LogP contribution in [0.25, 0.3) is 10.8 Å². The van der Waals surface area contributed by atoms with Gasteiger partial charge in [-0.05, 0) is 41.8 Å². The van der Waals surface area contributed by atoms with Gasteiger partial charge in [-0.2, -0.15) is 0 Å². The Morgan fingerprint density at radius 1 is 1.08 bits per heavy atom. The lowest BCUT2D eigenvalue weighted by molar-refractivity contribution is 0.0942. The van der Waals surface area contributed by atoms with Gasteiger partial charge in [0.2, 0.25) is 0 Å². The number of ether oxygens (including phenoxy) is 2. The first-order valence-corrected chi connectivity index (χ1v) is 7.84. The van der Waals surface area contributed by atoms with Gasteiger partial charge in [-0.25, -0.2) is 0 Å². The summed E-state index contributed by atoms with van der Waals surface area (Å²) in [4.78, 5) is 26.8. The third-order valence-electron chi connectivity index (χ3n) is 3.71. The molecule has 0 aliphatic carbocycles. The van der Waals surface area contributed by atoms with Crippen LogP contribution in [-0.4, -0.2) is 31.2 Å². The van der Waals surface area contributed by atoms with Gasteiger partial charge in [-0.15, -0.1) is 0 Å². The van der Waals surface area contributed by atoms with Crippen LogP contribution in [0.4, 0.5) is 0 Å². The number of methoxy groups -OCH3 is 1. The van der Waals surface area contributed by atoms with Crippen molar-refractivity contribution in [1.29, 1.82) is 0 Å². The van der Waals surface area contributed by atoms with Gasteiger partial charge in [0.15, 0.2) is 0 Å². The Hall–Kier alpha value is -3.28. The van der Waals surface area contributed by atoms with Gasteiger partial charge in [-0.1, -0.05) is 18.2 Å². The number of hydrogen-bond donors (Lipinski definition) is 2. The van der Waals surface area contributed by atoms with Gasteiger partial charge in [0, 0.05) is 5.39 Å². The summed E-state index contributed by atoms with van der Waals surface area (Å²) < 4.78 is 10.6. The van der Waals surface area contributed by atoms with Crippen LogP contribution < -0.4 is 20.3 Å². The lowest BCUT2D eigenvalue weighted by Gasteiger charge is -2.09. The predicted molar refractivity (Wildman–Crippen MR) is 95.4 cm³/mol. The standard InChI is InChI=1S/C19H18N2O4/c1-24-14-6-8-15(9-7-14)25-11-10-20-19(23)17-12-13-4-2-3-5-16(13)18(22)21-17/h2-9,12H,10-11H2,1H3,(H,20,23)(H,21,22). The van der Waals surface area contributed by atoms with Crippen LogP contribution in [0.5, 0.6) is 11.5 Å². The molecule has 0 spiro atoms. The fourth-order valence-electron chi connectivity index (χ4n) is 2.43. The van der Waals surface area contributed by atoms with E-state index in [1.54, 1.807) is 55.6 Å². The predicted octanol–water partition coefficient (Wildman–Crippen LogP) is 2.35. The summed E-state index contributed by atoms with van der Waals surface area (Å²) >= 11 is 0. The van der Waals surface area contributed by atoms with Gasteiger partial charge < -0.3 is 19.8 Å². The summed E-state index contributed by atoms with van der Waals surface area (Å²) in [6, 6.07) is 16.0. The van der Waals surface area contributed by atoms with E-state index in [1.807, 2.05) is 6.07 Å². The second kappa shape index (κ2) is 7.53. The molecule has 2 N–H and O–H groups in total. The molecule has 0 atom stereocenters. The van der Waals surface area contributed by atoms with Crippen LogP contribution in [0.2, 0.25) is 0 Å². The van der Waals surface area contributed by atoms with Crippen molar-refractivity contribution in [2.75, 3.05) is 20.3 Å². The van der Waals surface area contributed by atoms with Crippen molar-refractivity contribution in [1.82, 2.24) is 10.3 Å². The Balaban J connectivity index is 1.56. The summed E-state index contributed by atoms with van der Waals surface area (Å²) in [6.45, 7) is 0.635. The van der Waals surface area contributed by atoms with Crippen LogP contribution in [0.15, 0.2) is 59.4 Å². The Labute approximate surface area is 144 Å². The topological polar surface area (TPSA) is 80.4 Å². The Morgan fingerprint density at radius 2 is 1.80 bits per heavy atom. The van der Waals surface area contributed by atoms with Gasteiger partial charge in [-0.3, -0.25) is 9.59 Å². The first-order valence-electron chi connectivity index (χ1n) is 7.84. The highest BCUT2D eigenvalue weighted by Gasteiger charge is 2.08. The highest BCUT2D eigenvalue weighted by molar-refractivity contribution is 5.96. The molecule has 128 valence electrons. The Bertz CT molecular complexity index is 932. The number of aromatic nitrogens is 1. The molecule has 0 saturated carbocycles. The SMILES string of the molecule is COc1ccc(OCCNC(=O)c2cc3ccccc3c(=O)[nH]2)cc1. The maximum Gasteiger partial charge on any atom is 0.267 e. The van der Waals surface area contributed by atoms with Crippen molar-refractivity contribution in [3.05, 3.63) is 70.6 Å². The zero-order valence-electron chi connectivity index (χ0n) is 13.7. The lowest BCUT2D eigenvalue weighted by Crippen LogP contribution is -2.30. The van der Waals surface area contributed by atoms with Crippen LogP contribution in [0.1, 0.15) is 10.5 Å². The van der Waals surface area contributed by atoms with Crippen molar-refractivity contribution < 1.29 is 14.3 Å². The summed E-state index contributed by atoms with van der Waals surface area (Å²) in [6.07, 6.45) is 0. The average Bonchev–Trinajstić information content (AvgIpc) is 2.65. The number of carbonyl (C=O) groups is 1. The van der Waals surface area contributed by atoms with Crippen LogP contribution in [0, 0.1) is 0 Å². The number of hydrogen-bond acceptors (Lipinski definition) is 4. The monoisotopic (exact) mass is 338 g/mol. The van der Waals surface area contributed by atoms with E-state index in [4.69, 9.17) is 9.47 Å². The van der Waals surface area contributed by atoms with Gasteiger partial charge >= 0.3 is 0 Å². The van der Waals surface area contributed by atoms with E-state index >= 15 is 0 Å². The Morgan fingerprint density at radius 3 is 2.56 bits per heavy atom. The van der Waals surface area contributed by atoms with E-state index in [0.29, 0.717) is 24.3 Å². The number of nitrogens with one attached hydrogen (secondary N) is 2. The van der Waals surface area contributed by atoms with Crippen LogP contribution >= 0.6 is 0 Å². The quantitative estimate of drug-likeness (QED) is 0.676. The Kier molecular flexibility index (Phi) is 4.99. The number of carbonyl (C=O) groups excluding carboxylic acids is 1. The van der Waals surface area contributed by atoms with Gasteiger partial charge in [0.05, 0.1) is 13.7 Å². The second-order valence-electron chi connectivity index (χ2n) is 5.38. The lowest BCUT2D eigenvalue weighted by atomic mass is 10.1. The second-order valence-corrected chi connectivity index (χ2v) is 5.38. The minimum absolute atomic E-state index is 0.230. The van der Waals surface area contributed by atoms with Crippen molar-refractivity contribution in [2.45, 2.75) is 0 Å². The van der Waals surface area contributed by atoms with E-state index in [2.05, 4.69) is 10.3 Å². The molecule has 3 aromatic rings. The smallest absolute Gasteiger partial charge is 0.267 e. The molecule has 1 heterocycles. The maximum atomic E-state index is 12.2. The molecular formula is C19H18N2O4. The fourth-order valence-corrected chi connectivity index (χ4v) is 2.43. The van der Waals surface area contributed by atoms with E-state index in [0.717, 1.165) is 11.1 Å². The summed E-state index contributed by atoms with van der Waals surface area (Å²) in [5, 5.41) is 4.01. The van der Waals surface area contributed by atoms with Gasteiger partial charge in [0.1, 0.15) is 23.8 Å². The van der Waals surface area contributed by atoms with E-state index in [9.17, 15) is 9.59 Å². The first-order chi connectivity index (χ1) is 12.2. The summed E-state index contributed by atoms with van der Waals surface area (Å²) in [5.74, 6) is 1.09. The summed E-state index contributed by atoms with van der Waals surface area (Å²) in [7, 11) is 1.60. The molecular weight excluding hydrogens is 320 g/mol. The average molecular weight is 338 g/mol. The zero-order valence-corrected chi connectivity index (χ0v) is 13.7. The third kappa shape index (κ3) is 3.98. The van der Waals surface area contributed by atoms with Crippen molar-refractivity contribution in [3.63, 3.8) is 0 Å². The molecule has 1 aromatic heterocycles. The maximum absolute atomic E-state index is 12.2. The number of pyridine rings is 1. The molecule has 0 aliphatic heterocycles. The van der Waals surface area contributed by atoms with Crippen molar-refractivity contribution in [3.8, 4) is 11.5 Å². The highest BCUT2D eigenvalue weighted by atomic mass is 16.5. The number of amides is 1. The molecule has 0 unspecified atom stereocenters. The molecule has 6 nitrogen and oxygen atoms in total. The first kappa shape index (κ1) is 16.6. The molecule has 1 amide bonds. The minimum atomic E-state index is -0.346. The third-order valence-corrected chi connectivity index (χ3v) is 3.71. The molecule has 25 heavy (non-hydrogen) atoms. The largest absolute Gasteiger partial charge is 0.497 e. The number of rotatable bonds is 6. The number of benzene rings is 2. The molecule has 6 heteroatoms. The number of aromatic amines is 1. The van der Waals surface area contributed by atoms with Crippen LogP contribution in [-0.2, 0) is 0 Å².